The molecule has 2 atom stereocenters. The third-order valence-corrected chi connectivity index (χ3v) is 5.57. The van der Waals surface area contributed by atoms with Crippen molar-refractivity contribution >= 4 is 11.7 Å². The molecule has 0 unspecified atom stereocenters. The summed E-state index contributed by atoms with van der Waals surface area (Å²) in [6.07, 6.45) is 5.26. The van der Waals surface area contributed by atoms with Crippen molar-refractivity contribution < 1.29 is 9.59 Å². The van der Waals surface area contributed by atoms with Crippen molar-refractivity contribution in [2.45, 2.75) is 91.8 Å². The highest BCUT2D eigenvalue weighted by Gasteiger charge is 2.42. The molecule has 0 bridgehead atoms. The first-order valence-corrected chi connectivity index (χ1v) is 9.08. The minimum atomic E-state index is -0.374. The van der Waals surface area contributed by atoms with Crippen molar-refractivity contribution in [1.82, 2.24) is 10.2 Å². The molecule has 132 valence electrons. The zero-order valence-electron chi connectivity index (χ0n) is 15.7. The van der Waals surface area contributed by atoms with E-state index in [1.54, 1.807) is 6.92 Å². The molecule has 2 rings (SSSR count). The zero-order chi connectivity index (χ0) is 17.4. The summed E-state index contributed by atoms with van der Waals surface area (Å²) in [7, 11) is 0. The summed E-state index contributed by atoms with van der Waals surface area (Å²) < 4.78 is 0. The van der Waals surface area contributed by atoms with Gasteiger partial charge in [-0.1, -0.05) is 34.6 Å². The highest BCUT2D eigenvalue weighted by Crippen LogP contribution is 2.39. The van der Waals surface area contributed by atoms with Gasteiger partial charge >= 0.3 is 0 Å². The molecule has 4 nitrogen and oxygen atoms in total. The first-order valence-electron chi connectivity index (χ1n) is 9.08. The van der Waals surface area contributed by atoms with Gasteiger partial charge < -0.3 is 10.2 Å². The van der Waals surface area contributed by atoms with Gasteiger partial charge in [0.2, 0.25) is 5.91 Å². The van der Waals surface area contributed by atoms with E-state index < -0.39 is 0 Å². The van der Waals surface area contributed by atoms with E-state index in [9.17, 15) is 9.59 Å². The maximum absolute atomic E-state index is 13.1. The molecule has 1 saturated heterocycles. The van der Waals surface area contributed by atoms with E-state index in [0.29, 0.717) is 11.5 Å². The maximum atomic E-state index is 13.1. The van der Waals surface area contributed by atoms with Crippen molar-refractivity contribution in [2.24, 2.45) is 10.8 Å². The van der Waals surface area contributed by atoms with Crippen molar-refractivity contribution in [3.8, 4) is 0 Å². The fourth-order valence-corrected chi connectivity index (χ4v) is 3.92. The van der Waals surface area contributed by atoms with Gasteiger partial charge in [-0.2, -0.15) is 0 Å². The monoisotopic (exact) mass is 322 g/mol. The second kappa shape index (κ2) is 6.54. The van der Waals surface area contributed by atoms with Crippen LogP contribution in [-0.4, -0.2) is 41.3 Å². The summed E-state index contributed by atoms with van der Waals surface area (Å²) in [6, 6.07) is 0.393. The van der Waals surface area contributed by atoms with Gasteiger partial charge in [-0.15, -0.1) is 0 Å². The Morgan fingerprint density at radius 3 is 2.09 bits per heavy atom. The van der Waals surface area contributed by atoms with E-state index in [-0.39, 0.29) is 29.2 Å². The number of carbonyl (C=O) groups excluding carboxylic acids is 2. The lowest BCUT2D eigenvalue weighted by atomic mass is 9.74. The van der Waals surface area contributed by atoms with E-state index in [0.717, 1.165) is 25.8 Å². The Morgan fingerprint density at radius 2 is 1.65 bits per heavy atom. The second-order valence-electron chi connectivity index (χ2n) is 9.32. The van der Waals surface area contributed by atoms with Crippen LogP contribution in [0.2, 0.25) is 0 Å². The van der Waals surface area contributed by atoms with Gasteiger partial charge in [-0.05, 0) is 44.4 Å². The van der Waals surface area contributed by atoms with Gasteiger partial charge in [0.05, 0.1) is 6.04 Å². The van der Waals surface area contributed by atoms with Crippen molar-refractivity contribution in [1.29, 1.82) is 0 Å². The lowest BCUT2D eigenvalue weighted by Crippen LogP contribution is -2.53. The number of nitrogens with one attached hydrogen (secondary N) is 1. The van der Waals surface area contributed by atoms with Crippen LogP contribution in [0.4, 0.5) is 0 Å². The first-order chi connectivity index (χ1) is 10.5. The highest BCUT2D eigenvalue weighted by atomic mass is 16.2. The lowest BCUT2D eigenvalue weighted by molar-refractivity contribution is -0.146. The minimum absolute atomic E-state index is 0.0877. The topological polar surface area (TPSA) is 49.4 Å². The molecule has 0 aromatic carbocycles. The first kappa shape index (κ1) is 18.4. The van der Waals surface area contributed by atoms with Gasteiger partial charge in [-0.3, -0.25) is 9.59 Å². The molecule has 1 aliphatic carbocycles. The largest absolute Gasteiger partial charge is 0.335 e. The van der Waals surface area contributed by atoms with Gasteiger partial charge in [0, 0.05) is 24.0 Å². The summed E-state index contributed by atoms with van der Waals surface area (Å²) in [5, 5.41) is 3.30. The summed E-state index contributed by atoms with van der Waals surface area (Å²) >= 11 is 0. The smallest absolute Gasteiger partial charge is 0.228 e. The Bertz CT molecular complexity index is 454. The number of ketones is 1. The number of hydrogen-bond donors (Lipinski definition) is 1. The molecule has 1 saturated carbocycles. The fraction of sp³-hybridized carbons (Fsp3) is 0.895. The number of rotatable bonds is 3. The Balaban J connectivity index is 2.17. The molecule has 1 N–H and O–H groups in total. The van der Waals surface area contributed by atoms with E-state index in [4.69, 9.17) is 0 Å². The summed E-state index contributed by atoms with van der Waals surface area (Å²) in [5.74, 6) is 0.415. The average Bonchev–Trinajstić information content (AvgIpc) is 2.89. The molecule has 2 aliphatic rings. The lowest BCUT2D eigenvalue weighted by Gasteiger charge is -2.44. The van der Waals surface area contributed by atoms with Crippen LogP contribution in [0.25, 0.3) is 0 Å². The van der Waals surface area contributed by atoms with E-state index in [1.165, 1.54) is 12.8 Å². The molecule has 1 heterocycles. The third-order valence-electron chi connectivity index (χ3n) is 5.57. The van der Waals surface area contributed by atoms with Crippen LogP contribution in [0.5, 0.6) is 0 Å². The van der Waals surface area contributed by atoms with Crippen LogP contribution in [0.1, 0.15) is 73.6 Å². The van der Waals surface area contributed by atoms with Crippen LogP contribution in [-0.2, 0) is 9.59 Å². The molecule has 0 spiro atoms. The van der Waals surface area contributed by atoms with Crippen LogP contribution in [0, 0.1) is 10.8 Å². The zero-order valence-corrected chi connectivity index (χ0v) is 15.7. The molecule has 1 amide bonds. The van der Waals surface area contributed by atoms with Crippen LogP contribution >= 0.6 is 0 Å². The molecular formula is C19H34N2O2. The summed E-state index contributed by atoms with van der Waals surface area (Å²) in [4.78, 5) is 26.9. The van der Waals surface area contributed by atoms with E-state index in [2.05, 4.69) is 24.1 Å². The van der Waals surface area contributed by atoms with Gasteiger partial charge in [-0.25, -0.2) is 0 Å². The van der Waals surface area contributed by atoms with Crippen LogP contribution in [0.3, 0.4) is 0 Å². The normalized spacial score (nSPS) is 28.6. The van der Waals surface area contributed by atoms with Gasteiger partial charge in [0.1, 0.15) is 5.78 Å². The fourth-order valence-electron chi connectivity index (χ4n) is 3.92. The summed E-state index contributed by atoms with van der Waals surface area (Å²) in [5.41, 5.74) is 0.0179. The van der Waals surface area contributed by atoms with Gasteiger partial charge in [0.15, 0.2) is 0 Å². The maximum Gasteiger partial charge on any atom is 0.228 e. The number of amides is 1. The number of Topliss-reactive ketones (excluding diaryl/α,β-unsaturated/α-hetero) is 1. The molecule has 0 aromatic heterocycles. The molecular weight excluding hydrogens is 288 g/mol. The van der Waals surface area contributed by atoms with Crippen molar-refractivity contribution in [3.05, 3.63) is 0 Å². The van der Waals surface area contributed by atoms with Crippen LogP contribution < -0.4 is 5.32 Å². The predicted octanol–water partition coefficient (Wildman–Crippen LogP) is 3.15. The predicted molar refractivity (Wildman–Crippen MR) is 93.2 cm³/mol. The molecule has 4 heteroatoms. The molecule has 0 radical (unpaired) electrons. The standard InChI is InChI=1S/C19H34N2O2/c1-13(22)16-11-15(12-20-16)21(17(23)18(2,3)4)14-7-9-19(5,6)10-8-14/h14-16,20H,7-12H2,1-6H3/t15-,16+/m0/s1. The third kappa shape index (κ3) is 4.34. The van der Waals surface area contributed by atoms with E-state index >= 15 is 0 Å². The average molecular weight is 322 g/mol. The minimum Gasteiger partial charge on any atom is -0.335 e. The molecule has 0 aromatic rings. The second-order valence-corrected chi connectivity index (χ2v) is 9.32. The molecule has 23 heavy (non-hydrogen) atoms. The Morgan fingerprint density at radius 1 is 1.09 bits per heavy atom. The Labute approximate surface area is 141 Å². The number of carbonyl (C=O) groups is 2. The van der Waals surface area contributed by atoms with Crippen molar-refractivity contribution in [3.63, 3.8) is 0 Å². The van der Waals surface area contributed by atoms with Gasteiger partial charge in [0.25, 0.3) is 0 Å². The van der Waals surface area contributed by atoms with Crippen molar-refractivity contribution in [2.75, 3.05) is 6.54 Å². The Kier molecular flexibility index (Phi) is 5.24. The Hall–Kier alpha value is -0.900. The number of nitrogens with zero attached hydrogens (tertiary/aromatic N) is 1. The SMILES string of the molecule is CC(=O)[C@H]1C[C@H](N(C(=O)C(C)(C)C)C2CCC(C)(C)CC2)CN1. The van der Waals surface area contributed by atoms with Crippen LogP contribution in [0.15, 0.2) is 0 Å². The summed E-state index contributed by atoms with van der Waals surface area (Å²) in [6.45, 7) is 13.0. The molecule has 1 aliphatic heterocycles. The quantitative estimate of drug-likeness (QED) is 0.868. The van der Waals surface area contributed by atoms with E-state index in [1.807, 2.05) is 20.8 Å². The molecule has 2 fully saturated rings. The highest BCUT2D eigenvalue weighted by molar-refractivity contribution is 5.84. The number of hydrogen-bond acceptors (Lipinski definition) is 3.